The second-order valence-corrected chi connectivity index (χ2v) is 6.23. The summed E-state index contributed by atoms with van der Waals surface area (Å²) in [4.78, 5) is 0. The molecule has 112 valence electrons. The molecule has 1 unspecified atom stereocenters. The molecule has 0 heterocycles. The number of methoxy groups -OCH3 is 1. The van der Waals surface area contributed by atoms with Crippen molar-refractivity contribution in [3.63, 3.8) is 0 Å². The monoisotopic (exact) mass is 283 g/mol. The molecule has 2 heteroatoms. The first-order valence-corrected chi connectivity index (χ1v) is 8.05. The zero-order valence-corrected chi connectivity index (χ0v) is 12.8. The van der Waals surface area contributed by atoms with Gasteiger partial charge in [0.25, 0.3) is 0 Å². The number of ether oxygens (including phenoxy) is 1. The highest BCUT2D eigenvalue weighted by atomic mass is 16.5. The number of hydrogen-bond acceptors (Lipinski definition) is 2. The Hall–Kier alpha value is -1.38. The molecule has 0 spiro atoms. The van der Waals surface area contributed by atoms with Gasteiger partial charge in [0.1, 0.15) is 0 Å². The molecule has 0 aliphatic heterocycles. The van der Waals surface area contributed by atoms with Gasteiger partial charge in [-0.05, 0) is 29.2 Å². The number of fused-ring (bicyclic) bond motifs is 1. The van der Waals surface area contributed by atoms with Gasteiger partial charge >= 0.3 is 0 Å². The summed E-state index contributed by atoms with van der Waals surface area (Å²) in [7, 11) is 1.83. The predicted octanol–water partition coefficient (Wildman–Crippen LogP) is 4.58. The molecule has 1 fully saturated rings. The zero-order valence-electron chi connectivity index (χ0n) is 12.8. The largest absolute Gasteiger partial charge is 0.376 e. The Bertz CT molecular complexity index is 594. The molecule has 0 amide bonds. The van der Waals surface area contributed by atoms with Gasteiger partial charge in [0, 0.05) is 7.11 Å². The Labute approximate surface area is 127 Å². The first-order valence-electron chi connectivity index (χ1n) is 8.05. The number of rotatable bonds is 3. The molecule has 1 aliphatic carbocycles. The minimum Gasteiger partial charge on any atom is -0.376 e. The van der Waals surface area contributed by atoms with Crippen LogP contribution in [0.1, 0.15) is 50.1 Å². The average molecular weight is 283 g/mol. The fraction of sp³-hybridized carbons (Fsp3) is 0.474. The second kappa shape index (κ2) is 6.17. The van der Waals surface area contributed by atoms with Crippen molar-refractivity contribution < 1.29 is 4.74 Å². The summed E-state index contributed by atoms with van der Waals surface area (Å²) >= 11 is 0. The first-order chi connectivity index (χ1) is 10.3. The molecule has 1 aliphatic rings. The smallest absolute Gasteiger partial charge is 0.0870 e. The second-order valence-electron chi connectivity index (χ2n) is 6.23. The summed E-state index contributed by atoms with van der Waals surface area (Å²) in [5.74, 6) is 0. The van der Waals surface area contributed by atoms with E-state index in [0.29, 0.717) is 0 Å². The maximum absolute atomic E-state index is 6.73. The molecule has 2 N–H and O–H groups in total. The summed E-state index contributed by atoms with van der Waals surface area (Å²) in [6.07, 6.45) is 7.15. The van der Waals surface area contributed by atoms with E-state index < -0.39 is 0 Å². The normalized spacial score (nSPS) is 20.1. The maximum atomic E-state index is 6.73. The van der Waals surface area contributed by atoms with Gasteiger partial charge in [-0.25, -0.2) is 0 Å². The van der Waals surface area contributed by atoms with Gasteiger partial charge in [0.05, 0.1) is 11.6 Å². The fourth-order valence-electron chi connectivity index (χ4n) is 3.77. The Morgan fingerprint density at radius 2 is 1.62 bits per heavy atom. The van der Waals surface area contributed by atoms with Crippen molar-refractivity contribution >= 4 is 10.8 Å². The molecule has 2 aromatic carbocycles. The Kier molecular flexibility index (Phi) is 4.27. The summed E-state index contributed by atoms with van der Waals surface area (Å²) in [6, 6.07) is 14.9. The predicted molar refractivity (Wildman–Crippen MR) is 88.3 cm³/mol. The van der Waals surface area contributed by atoms with E-state index in [9.17, 15) is 0 Å². The summed E-state index contributed by atoms with van der Waals surface area (Å²) < 4.78 is 6.00. The van der Waals surface area contributed by atoms with Crippen LogP contribution in [0, 0.1) is 0 Å². The van der Waals surface area contributed by atoms with E-state index in [0.717, 1.165) is 12.8 Å². The van der Waals surface area contributed by atoms with E-state index >= 15 is 0 Å². The van der Waals surface area contributed by atoms with E-state index in [1.54, 1.807) is 0 Å². The van der Waals surface area contributed by atoms with Crippen LogP contribution < -0.4 is 5.73 Å². The van der Waals surface area contributed by atoms with Gasteiger partial charge in [-0.3, -0.25) is 0 Å². The van der Waals surface area contributed by atoms with Gasteiger partial charge < -0.3 is 10.5 Å². The Morgan fingerprint density at radius 1 is 0.952 bits per heavy atom. The molecule has 0 radical (unpaired) electrons. The van der Waals surface area contributed by atoms with E-state index in [4.69, 9.17) is 10.5 Å². The van der Waals surface area contributed by atoms with E-state index in [-0.39, 0.29) is 11.6 Å². The highest BCUT2D eigenvalue weighted by molar-refractivity contribution is 5.86. The van der Waals surface area contributed by atoms with E-state index in [2.05, 4.69) is 42.5 Å². The highest BCUT2D eigenvalue weighted by Gasteiger charge is 2.38. The molecule has 1 atom stereocenters. The van der Waals surface area contributed by atoms with Gasteiger partial charge in [-0.1, -0.05) is 68.1 Å². The SMILES string of the molecule is COC1(C(N)c2cccc3ccccc23)CCCCCC1. The molecule has 2 nitrogen and oxygen atoms in total. The molecular weight excluding hydrogens is 258 g/mol. The maximum Gasteiger partial charge on any atom is 0.0870 e. The minimum atomic E-state index is -0.208. The lowest BCUT2D eigenvalue weighted by Crippen LogP contribution is -2.42. The van der Waals surface area contributed by atoms with Crippen LogP contribution in [0.4, 0.5) is 0 Å². The Morgan fingerprint density at radius 3 is 2.33 bits per heavy atom. The van der Waals surface area contributed by atoms with Crippen LogP contribution in [0.2, 0.25) is 0 Å². The topological polar surface area (TPSA) is 35.2 Å². The summed E-state index contributed by atoms with van der Waals surface area (Å²) in [5, 5.41) is 2.51. The van der Waals surface area contributed by atoms with Crippen molar-refractivity contribution in [2.75, 3.05) is 7.11 Å². The summed E-state index contributed by atoms with van der Waals surface area (Å²) in [5.41, 5.74) is 7.74. The molecular formula is C19H25NO. The third kappa shape index (κ3) is 2.70. The van der Waals surface area contributed by atoms with E-state index in [1.807, 2.05) is 7.11 Å². The number of benzene rings is 2. The standard InChI is InChI=1S/C19H25NO/c1-21-19(13-6-2-3-7-14-19)18(20)17-12-8-10-15-9-4-5-11-16(15)17/h4-5,8-12,18H,2-3,6-7,13-14,20H2,1H3. The van der Waals surface area contributed by atoms with Crippen molar-refractivity contribution in [2.45, 2.75) is 50.2 Å². The quantitative estimate of drug-likeness (QED) is 0.837. The van der Waals surface area contributed by atoms with Crippen LogP contribution >= 0.6 is 0 Å². The molecule has 21 heavy (non-hydrogen) atoms. The van der Waals surface area contributed by atoms with E-state index in [1.165, 1.54) is 42.0 Å². The van der Waals surface area contributed by atoms with Crippen LogP contribution in [0.15, 0.2) is 42.5 Å². The molecule has 3 rings (SSSR count). The lowest BCUT2D eigenvalue weighted by atomic mass is 9.81. The average Bonchev–Trinajstić information content (AvgIpc) is 2.80. The molecule has 0 aromatic heterocycles. The molecule has 2 aromatic rings. The van der Waals surface area contributed by atoms with Gasteiger partial charge in [0.15, 0.2) is 0 Å². The van der Waals surface area contributed by atoms with Crippen LogP contribution in [-0.2, 0) is 4.74 Å². The van der Waals surface area contributed by atoms with Crippen molar-refractivity contribution in [3.05, 3.63) is 48.0 Å². The molecule has 0 saturated heterocycles. The van der Waals surface area contributed by atoms with Crippen molar-refractivity contribution in [2.24, 2.45) is 5.73 Å². The molecule has 1 saturated carbocycles. The van der Waals surface area contributed by atoms with Crippen LogP contribution in [0.3, 0.4) is 0 Å². The van der Waals surface area contributed by atoms with Crippen molar-refractivity contribution in [1.82, 2.24) is 0 Å². The molecule has 0 bridgehead atoms. The Balaban J connectivity index is 2.03. The lowest BCUT2D eigenvalue weighted by Gasteiger charge is -2.38. The minimum absolute atomic E-state index is 0.0632. The fourth-order valence-corrected chi connectivity index (χ4v) is 3.77. The lowest BCUT2D eigenvalue weighted by molar-refractivity contribution is -0.0439. The van der Waals surface area contributed by atoms with Crippen molar-refractivity contribution in [1.29, 1.82) is 0 Å². The van der Waals surface area contributed by atoms with Gasteiger partial charge in [-0.15, -0.1) is 0 Å². The van der Waals surface area contributed by atoms with Crippen LogP contribution in [0.25, 0.3) is 10.8 Å². The van der Waals surface area contributed by atoms with Crippen molar-refractivity contribution in [3.8, 4) is 0 Å². The van der Waals surface area contributed by atoms with Crippen LogP contribution in [0.5, 0.6) is 0 Å². The number of nitrogens with two attached hydrogens (primary N) is 1. The zero-order chi connectivity index (χ0) is 14.7. The summed E-state index contributed by atoms with van der Waals surface area (Å²) in [6.45, 7) is 0. The van der Waals surface area contributed by atoms with Crippen LogP contribution in [-0.4, -0.2) is 12.7 Å². The first kappa shape index (κ1) is 14.6. The van der Waals surface area contributed by atoms with Gasteiger partial charge in [0.2, 0.25) is 0 Å². The third-order valence-electron chi connectivity index (χ3n) is 5.08. The highest BCUT2D eigenvalue weighted by Crippen LogP contribution is 2.40. The third-order valence-corrected chi connectivity index (χ3v) is 5.08. The number of hydrogen-bond donors (Lipinski definition) is 1. The van der Waals surface area contributed by atoms with Gasteiger partial charge in [-0.2, -0.15) is 0 Å².